The minimum absolute atomic E-state index is 0.143. The van der Waals surface area contributed by atoms with Crippen LogP contribution >= 0.6 is 31.9 Å². The fraction of sp³-hybridized carbons (Fsp3) is 0.0714. The molecule has 0 bridgehead atoms. The lowest BCUT2D eigenvalue weighted by Crippen LogP contribution is -2.13. The Balaban J connectivity index is 2.26. The number of amides is 1. The van der Waals surface area contributed by atoms with Crippen molar-refractivity contribution in [2.75, 3.05) is 11.1 Å². The predicted molar refractivity (Wildman–Crippen MR) is 85.4 cm³/mol. The van der Waals surface area contributed by atoms with Crippen molar-refractivity contribution in [2.24, 2.45) is 0 Å². The average Bonchev–Trinajstić information content (AvgIpc) is 2.37. The molecule has 0 aliphatic carbocycles. The lowest BCUT2D eigenvalue weighted by atomic mass is 10.1. The highest BCUT2D eigenvalue weighted by atomic mass is 79.9. The lowest BCUT2D eigenvalue weighted by molar-refractivity contribution is 0.102. The summed E-state index contributed by atoms with van der Waals surface area (Å²) in [7, 11) is 0. The third-order valence-electron chi connectivity index (χ3n) is 2.77. The Labute approximate surface area is 128 Å². The number of halogens is 2. The Bertz CT molecular complexity index is 641. The van der Waals surface area contributed by atoms with E-state index < -0.39 is 0 Å². The summed E-state index contributed by atoms with van der Waals surface area (Å²) < 4.78 is 1.68. The zero-order chi connectivity index (χ0) is 14.0. The van der Waals surface area contributed by atoms with E-state index in [1.807, 2.05) is 19.1 Å². The molecule has 3 N–H and O–H groups in total. The first-order chi connectivity index (χ1) is 8.99. The average molecular weight is 384 g/mol. The number of nitrogens with two attached hydrogens (primary N) is 1. The summed E-state index contributed by atoms with van der Waals surface area (Å²) in [6, 6.07) is 10.8. The van der Waals surface area contributed by atoms with Crippen molar-refractivity contribution in [2.45, 2.75) is 6.92 Å². The smallest absolute Gasteiger partial charge is 0.255 e. The summed E-state index contributed by atoms with van der Waals surface area (Å²) in [4.78, 5) is 12.2. The van der Waals surface area contributed by atoms with Crippen molar-refractivity contribution in [3.8, 4) is 0 Å². The maximum Gasteiger partial charge on any atom is 0.255 e. The molecule has 0 aliphatic heterocycles. The van der Waals surface area contributed by atoms with Gasteiger partial charge in [-0.15, -0.1) is 0 Å². The molecule has 2 aromatic carbocycles. The minimum atomic E-state index is -0.143. The van der Waals surface area contributed by atoms with E-state index in [9.17, 15) is 4.79 Å². The van der Waals surface area contributed by atoms with Gasteiger partial charge in [0.05, 0.1) is 0 Å². The molecule has 0 aliphatic rings. The highest BCUT2D eigenvalue weighted by Crippen LogP contribution is 2.24. The number of anilines is 2. The quantitative estimate of drug-likeness (QED) is 0.757. The number of nitrogens with one attached hydrogen (secondary N) is 1. The minimum Gasteiger partial charge on any atom is -0.398 e. The van der Waals surface area contributed by atoms with Crippen molar-refractivity contribution < 1.29 is 4.79 Å². The first kappa shape index (κ1) is 14.1. The van der Waals surface area contributed by atoms with Gasteiger partial charge in [-0.05, 0) is 58.7 Å². The van der Waals surface area contributed by atoms with E-state index in [1.54, 1.807) is 24.3 Å². The van der Waals surface area contributed by atoms with Crippen LogP contribution in [-0.2, 0) is 0 Å². The Kier molecular flexibility index (Phi) is 4.27. The topological polar surface area (TPSA) is 55.1 Å². The molecule has 3 nitrogen and oxygen atoms in total. The van der Waals surface area contributed by atoms with E-state index in [0.29, 0.717) is 16.9 Å². The molecule has 0 atom stereocenters. The van der Waals surface area contributed by atoms with Gasteiger partial charge in [0.25, 0.3) is 5.91 Å². The van der Waals surface area contributed by atoms with Gasteiger partial charge >= 0.3 is 0 Å². The molecule has 0 spiro atoms. The molecule has 1 amide bonds. The molecule has 19 heavy (non-hydrogen) atoms. The zero-order valence-corrected chi connectivity index (χ0v) is 13.4. The standard InChI is InChI=1S/C14H12Br2N2O/c1-8-10(3-2-4-11(8)15)14(19)18-9-5-6-13(17)12(16)7-9/h2-7H,17H2,1H3,(H,18,19). The van der Waals surface area contributed by atoms with Crippen molar-refractivity contribution >= 4 is 49.1 Å². The molecule has 0 saturated carbocycles. The molecule has 0 radical (unpaired) electrons. The summed E-state index contributed by atoms with van der Waals surface area (Å²) in [6.45, 7) is 1.90. The monoisotopic (exact) mass is 382 g/mol. The number of carbonyl (C=O) groups is 1. The lowest BCUT2D eigenvalue weighted by Gasteiger charge is -2.09. The number of benzene rings is 2. The molecule has 0 unspecified atom stereocenters. The van der Waals surface area contributed by atoms with Crippen LogP contribution in [0.3, 0.4) is 0 Å². The Morgan fingerprint density at radius 2 is 1.89 bits per heavy atom. The van der Waals surface area contributed by atoms with Crippen LogP contribution in [0.2, 0.25) is 0 Å². The third kappa shape index (κ3) is 3.16. The number of hydrogen-bond donors (Lipinski definition) is 2. The Hall–Kier alpha value is -1.33. The van der Waals surface area contributed by atoms with Crippen molar-refractivity contribution in [1.82, 2.24) is 0 Å². The van der Waals surface area contributed by atoms with Gasteiger partial charge in [0.15, 0.2) is 0 Å². The Morgan fingerprint density at radius 1 is 1.16 bits per heavy atom. The molecule has 0 aromatic heterocycles. The van der Waals surface area contributed by atoms with E-state index in [4.69, 9.17) is 5.73 Å². The molecule has 5 heteroatoms. The van der Waals surface area contributed by atoms with E-state index in [0.717, 1.165) is 14.5 Å². The maximum atomic E-state index is 12.2. The van der Waals surface area contributed by atoms with Crippen LogP contribution in [0.4, 0.5) is 11.4 Å². The number of carbonyl (C=O) groups excluding carboxylic acids is 1. The van der Waals surface area contributed by atoms with Crippen LogP contribution in [0.25, 0.3) is 0 Å². The summed E-state index contributed by atoms with van der Waals surface area (Å²) in [5, 5.41) is 2.85. The molecular weight excluding hydrogens is 372 g/mol. The summed E-state index contributed by atoms with van der Waals surface area (Å²) in [5.41, 5.74) is 8.60. The number of rotatable bonds is 2. The van der Waals surface area contributed by atoms with Gasteiger partial charge in [-0.1, -0.05) is 22.0 Å². The second kappa shape index (κ2) is 5.75. The van der Waals surface area contributed by atoms with Gasteiger partial charge in [-0.2, -0.15) is 0 Å². The van der Waals surface area contributed by atoms with Crippen LogP contribution < -0.4 is 11.1 Å². The van der Waals surface area contributed by atoms with Gasteiger partial charge in [0.1, 0.15) is 0 Å². The molecule has 2 aromatic rings. The van der Waals surface area contributed by atoms with Gasteiger partial charge < -0.3 is 11.1 Å². The second-order valence-electron chi connectivity index (χ2n) is 4.10. The normalized spacial score (nSPS) is 10.3. The first-order valence-corrected chi connectivity index (χ1v) is 7.19. The summed E-state index contributed by atoms with van der Waals surface area (Å²) >= 11 is 6.75. The van der Waals surface area contributed by atoms with Crippen molar-refractivity contribution in [1.29, 1.82) is 0 Å². The fourth-order valence-corrected chi connectivity index (χ4v) is 2.40. The first-order valence-electron chi connectivity index (χ1n) is 5.60. The van der Waals surface area contributed by atoms with Crippen LogP contribution in [-0.4, -0.2) is 5.91 Å². The second-order valence-corrected chi connectivity index (χ2v) is 5.81. The van der Waals surface area contributed by atoms with E-state index in [1.165, 1.54) is 0 Å². The highest BCUT2D eigenvalue weighted by Gasteiger charge is 2.11. The molecular formula is C14H12Br2N2O. The molecule has 98 valence electrons. The van der Waals surface area contributed by atoms with Crippen LogP contribution in [0.5, 0.6) is 0 Å². The maximum absolute atomic E-state index is 12.2. The third-order valence-corrected chi connectivity index (χ3v) is 4.32. The Morgan fingerprint density at radius 3 is 2.58 bits per heavy atom. The van der Waals surface area contributed by atoms with E-state index >= 15 is 0 Å². The van der Waals surface area contributed by atoms with Crippen LogP contribution in [0, 0.1) is 6.92 Å². The van der Waals surface area contributed by atoms with Gasteiger partial charge in [-0.3, -0.25) is 4.79 Å². The molecule has 0 fully saturated rings. The van der Waals surface area contributed by atoms with Gasteiger partial charge in [0, 0.05) is 25.9 Å². The number of hydrogen-bond acceptors (Lipinski definition) is 2. The van der Waals surface area contributed by atoms with E-state index in [-0.39, 0.29) is 5.91 Å². The molecule has 0 heterocycles. The zero-order valence-electron chi connectivity index (χ0n) is 10.2. The fourth-order valence-electron chi connectivity index (χ4n) is 1.66. The predicted octanol–water partition coefficient (Wildman–Crippen LogP) is 4.35. The van der Waals surface area contributed by atoms with Crippen LogP contribution in [0.15, 0.2) is 45.3 Å². The largest absolute Gasteiger partial charge is 0.398 e. The van der Waals surface area contributed by atoms with Crippen LogP contribution in [0.1, 0.15) is 15.9 Å². The molecule has 2 rings (SSSR count). The molecule has 0 saturated heterocycles. The SMILES string of the molecule is Cc1c(Br)cccc1C(=O)Nc1ccc(N)c(Br)c1. The number of nitrogen functional groups attached to an aromatic ring is 1. The summed E-state index contributed by atoms with van der Waals surface area (Å²) in [5.74, 6) is -0.143. The van der Waals surface area contributed by atoms with Crippen molar-refractivity contribution in [3.05, 3.63) is 56.5 Å². The van der Waals surface area contributed by atoms with Gasteiger partial charge in [0.2, 0.25) is 0 Å². The van der Waals surface area contributed by atoms with Gasteiger partial charge in [-0.25, -0.2) is 0 Å². The highest BCUT2D eigenvalue weighted by molar-refractivity contribution is 9.10. The van der Waals surface area contributed by atoms with Crippen molar-refractivity contribution in [3.63, 3.8) is 0 Å². The summed E-state index contributed by atoms with van der Waals surface area (Å²) in [6.07, 6.45) is 0. The van der Waals surface area contributed by atoms with E-state index in [2.05, 4.69) is 37.2 Å².